The molecule has 1 rings (SSSR count). The molecule has 1 aromatic carbocycles. The van der Waals surface area contributed by atoms with E-state index in [1.54, 1.807) is 12.1 Å². The van der Waals surface area contributed by atoms with Gasteiger partial charge in [-0.05, 0) is 31.5 Å². The number of amides is 1. The zero-order valence-electron chi connectivity index (χ0n) is 12.4. The molecule has 0 bridgehead atoms. The fourth-order valence-corrected chi connectivity index (χ4v) is 1.84. The number of carbonyl (C=O) groups is 1. The second-order valence-corrected chi connectivity index (χ2v) is 5.67. The predicted octanol–water partition coefficient (Wildman–Crippen LogP) is 1.07. The Morgan fingerprint density at radius 2 is 2.14 bits per heavy atom. The first-order chi connectivity index (χ1) is 9.79. The minimum absolute atomic E-state index is 0.0116. The van der Waals surface area contributed by atoms with Crippen molar-refractivity contribution in [1.29, 1.82) is 0 Å². The Hall–Kier alpha value is -1.50. The van der Waals surface area contributed by atoms with Gasteiger partial charge < -0.3 is 25.6 Å². The van der Waals surface area contributed by atoms with Crippen LogP contribution in [0.4, 0.5) is 0 Å². The number of benzene rings is 1. The van der Waals surface area contributed by atoms with Crippen LogP contribution in [0, 0.1) is 0 Å². The summed E-state index contributed by atoms with van der Waals surface area (Å²) in [4.78, 5) is 10.8. The lowest BCUT2D eigenvalue weighted by atomic mass is 10.1. The Labute approximate surface area is 129 Å². The maximum atomic E-state index is 10.8. The first kappa shape index (κ1) is 17.6. The second kappa shape index (κ2) is 7.49. The maximum absolute atomic E-state index is 10.8. The van der Waals surface area contributed by atoms with Crippen molar-refractivity contribution in [3.05, 3.63) is 22.7 Å². The van der Waals surface area contributed by atoms with Crippen molar-refractivity contribution in [1.82, 2.24) is 5.32 Å². The highest BCUT2D eigenvalue weighted by atomic mass is 35.5. The van der Waals surface area contributed by atoms with Gasteiger partial charge in [-0.15, -0.1) is 0 Å². The Kier molecular flexibility index (Phi) is 6.26. The number of halogens is 1. The molecule has 0 atom stereocenters. The van der Waals surface area contributed by atoms with Crippen LogP contribution in [0.25, 0.3) is 0 Å². The number of hydrogen-bond acceptors (Lipinski definition) is 5. The molecule has 0 unspecified atom stereocenters. The zero-order valence-corrected chi connectivity index (χ0v) is 13.2. The summed E-state index contributed by atoms with van der Waals surface area (Å²) in [5.74, 6) is 0.106. The SMILES string of the molecule is COc1cc(CNC(C)(C)CO)cc(Cl)c1OCC(N)=O. The summed E-state index contributed by atoms with van der Waals surface area (Å²) in [6, 6.07) is 3.46. The molecule has 4 N–H and O–H groups in total. The lowest BCUT2D eigenvalue weighted by Crippen LogP contribution is -2.42. The average Bonchev–Trinajstić information content (AvgIpc) is 2.43. The molecular weight excluding hydrogens is 296 g/mol. The van der Waals surface area contributed by atoms with E-state index in [9.17, 15) is 9.90 Å². The highest BCUT2D eigenvalue weighted by molar-refractivity contribution is 6.32. The summed E-state index contributed by atoms with van der Waals surface area (Å²) >= 11 is 6.15. The lowest BCUT2D eigenvalue weighted by molar-refractivity contribution is -0.119. The number of primary amides is 1. The number of nitrogens with two attached hydrogens (primary N) is 1. The van der Waals surface area contributed by atoms with E-state index in [0.717, 1.165) is 5.56 Å². The van der Waals surface area contributed by atoms with Crippen molar-refractivity contribution in [2.45, 2.75) is 25.9 Å². The second-order valence-electron chi connectivity index (χ2n) is 5.26. The van der Waals surface area contributed by atoms with Gasteiger partial charge in [-0.1, -0.05) is 11.6 Å². The van der Waals surface area contributed by atoms with Gasteiger partial charge in [-0.3, -0.25) is 4.79 Å². The predicted molar refractivity (Wildman–Crippen MR) is 80.7 cm³/mol. The monoisotopic (exact) mass is 316 g/mol. The van der Waals surface area contributed by atoms with Gasteiger partial charge in [0.15, 0.2) is 18.1 Å². The maximum Gasteiger partial charge on any atom is 0.255 e. The molecule has 7 heteroatoms. The van der Waals surface area contributed by atoms with Gasteiger partial charge in [0.1, 0.15) is 0 Å². The van der Waals surface area contributed by atoms with Crippen LogP contribution < -0.4 is 20.5 Å². The highest BCUT2D eigenvalue weighted by Gasteiger charge is 2.17. The number of ether oxygens (including phenoxy) is 2. The first-order valence-corrected chi connectivity index (χ1v) is 6.80. The first-order valence-electron chi connectivity index (χ1n) is 6.42. The van der Waals surface area contributed by atoms with Crippen molar-refractivity contribution >= 4 is 17.5 Å². The molecule has 0 heterocycles. The van der Waals surface area contributed by atoms with E-state index in [1.165, 1.54) is 7.11 Å². The minimum Gasteiger partial charge on any atom is -0.493 e. The van der Waals surface area contributed by atoms with E-state index in [4.69, 9.17) is 26.8 Å². The highest BCUT2D eigenvalue weighted by Crippen LogP contribution is 2.36. The van der Waals surface area contributed by atoms with Crippen LogP contribution in [0.5, 0.6) is 11.5 Å². The number of aliphatic hydroxyl groups is 1. The molecule has 21 heavy (non-hydrogen) atoms. The van der Waals surface area contributed by atoms with Crippen LogP contribution in [0.1, 0.15) is 19.4 Å². The van der Waals surface area contributed by atoms with Crippen LogP contribution in [0.3, 0.4) is 0 Å². The van der Waals surface area contributed by atoms with Crippen LogP contribution in [0.2, 0.25) is 5.02 Å². The smallest absolute Gasteiger partial charge is 0.255 e. The topological polar surface area (TPSA) is 93.8 Å². The lowest BCUT2D eigenvalue weighted by Gasteiger charge is -2.24. The molecule has 0 aliphatic carbocycles. The number of aliphatic hydroxyl groups excluding tert-OH is 1. The van der Waals surface area contributed by atoms with Crippen molar-refractivity contribution in [3.63, 3.8) is 0 Å². The number of hydrogen-bond donors (Lipinski definition) is 3. The molecule has 0 aliphatic rings. The van der Waals surface area contributed by atoms with Gasteiger partial charge in [-0.25, -0.2) is 0 Å². The Morgan fingerprint density at radius 3 is 2.67 bits per heavy atom. The Morgan fingerprint density at radius 1 is 1.48 bits per heavy atom. The van der Waals surface area contributed by atoms with E-state index in [1.807, 2.05) is 13.8 Å². The number of methoxy groups -OCH3 is 1. The molecule has 0 fully saturated rings. The van der Waals surface area contributed by atoms with Crippen molar-refractivity contribution < 1.29 is 19.4 Å². The van der Waals surface area contributed by atoms with Gasteiger partial charge in [0.2, 0.25) is 0 Å². The Balaban J connectivity index is 2.90. The van der Waals surface area contributed by atoms with E-state index >= 15 is 0 Å². The molecule has 0 saturated carbocycles. The molecule has 0 aromatic heterocycles. The summed E-state index contributed by atoms with van der Waals surface area (Å²) in [5.41, 5.74) is 5.50. The van der Waals surface area contributed by atoms with Crippen molar-refractivity contribution in [2.24, 2.45) is 5.73 Å². The third-order valence-electron chi connectivity index (χ3n) is 2.81. The fourth-order valence-electron chi connectivity index (χ4n) is 1.56. The molecule has 0 saturated heterocycles. The van der Waals surface area contributed by atoms with Crippen molar-refractivity contribution in [2.75, 3.05) is 20.3 Å². The molecule has 6 nitrogen and oxygen atoms in total. The van der Waals surface area contributed by atoms with E-state index < -0.39 is 11.4 Å². The third kappa shape index (κ3) is 5.41. The largest absolute Gasteiger partial charge is 0.493 e. The van der Waals surface area contributed by atoms with Crippen LogP contribution in [-0.2, 0) is 11.3 Å². The molecule has 1 amide bonds. The quantitative estimate of drug-likeness (QED) is 0.667. The van der Waals surface area contributed by atoms with Gasteiger partial charge in [0, 0.05) is 12.1 Å². The molecule has 118 valence electrons. The van der Waals surface area contributed by atoms with Gasteiger partial charge >= 0.3 is 0 Å². The van der Waals surface area contributed by atoms with E-state index in [-0.39, 0.29) is 19.0 Å². The third-order valence-corrected chi connectivity index (χ3v) is 3.10. The molecular formula is C14H21ClN2O4. The zero-order chi connectivity index (χ0) is 16.0. The molecule has 0 radical (unpaired) electrons. The van der Waals surface area contributed by atoms with E-state index in [2.05, 4.69) is 5.32 Å². The number of rotatable bonds is 8. The molecule has 0 spiro atoms. The summed E-state index contributed by atoms with van der Waals surface area (Å²) < 4.78 is 10.5. The standard InChI is InChI=1S/C14H21ClN2O4/c1-14(2,8-18)17-6-9-4-10(15)13(11(5-9)20-3)21-7-12(16)19/h4-5,17-18H,6-8H2,1-3H3,(H2,16,19). The van der Waals surface area contributed by atoms with Crippen LogP contribution in [0.15, 0.2) is 12.1 Å². The van der Waals surface area contributed by atoms with Gasteiger partial charge in [0.25, 0.3) is 5.91 Å². The number of nitrogens with one attached hydrogen (secondary N) is 1. The summed E-state index contributed by atoms with van der Waals surface area (Å²) in [6.07, 6.45) is 0. The summed E-state index contributed by atoms with van der Waals surface area (Å²) in [6.45, 7) is 4.01. The number of carbonyl (C=O) groups excluding carboxylic acids is 1. The Bertz CT molecular complexity index is 506. The van der Waals surface area contributed by atoms with Crippen LogP contribution >= 0.6 is 11.6 Å². The van der Waals surface area contributed by atoms with Crippen molar-refractivity contribution in [3.8, 4) is 11.5 Å². The normalized spacial score (nSPS) is 11.3. The molecule has 1 aromatic rings. The fraction of sp³-hybridized carbons (Fsp3) is 0.500. The summed E-state index contributed by atoms with van der Waals surface area (Å²) in [5, 5.41) is 12.7. The van der Waals surface area contributed by atoms with Gasteiger partial charge in [0.05, 0.1) is 18.7 Å². The van der Waals surface area contributed by atoms with Crippen LogP contribution in [-0.4, -0.2) is 36.9 Å². The summed E-state index contributed by atoms with van der Waals surface area (Å²) in [7, 11) is 1.48. The minimum atomic E-state index is -0.594. The van der Waals surface area contributed by atoms with Gasteiger partial charge in [-0.2, -0.15) is 0 Å². The van der Waals surface area contributed by atoms with E-state index in [0.29, 0.717) is 17.3 Å². The molecule has 0 aliphatic heterocycles. The average molecular weight is 317 g/mol.